The first-order chi connectivity index (χ1) is 14.8. The molecule has 4 nitrogen and oxygen atoms in total. The third-order valence-electron chi connectivity index (χ3n) is 6.38. The lowest BCUT2D eigenvalue weighted by Gasteiger charge is -2.32. The van der Waals surface area contributed by atoms with Crippen LogP contribution >= 0.6 is 11.6 Å². The third-order valence-corrected chi connectivity index (χ3v) is 6.78. The van der Waals surface area contributed by atoms with E-state index in [1.807, 2.05) is 31.2 Å². The van der Waals surface area contributed by atoms with E-state index in [4.69, 9.17) is 16.3 Å². The number of fused-ring (bicyclic) bond motifs is 1. The number of H-pyrrole nitrogens is 1. The van der Waals surface area contributed by atoms with E-state index in [9.17, 15) is 4.79 Å². The molecular weight excluding hydrogens is 408 g/mol. The predicted molar refractivity (Wildman–Crippen MR) is 130 cm³/mol. The smallest absolute Gasteiger partial charge is 0.260 e. The molecule has 1 saturated heterocycles. The molecule has 3 aromatic rings. The van der Waals surface area contributed by atoms with Crippen LogP contribution in [0.4, 0.5) is 0 Å². The van der Waals surface area contributed by atoms with Gasteiger partial charge < -0.3 is 14.6 Å². The minimum atomic E-state index is -0.151. The highest BCUT2D eigenvalue weighted by Gasteiger charge is 2.21. The van der Waals surface area contributed by atoms with Gasteiger partial charge in [-0.05, 0) is 76.9 Å². The first-order valence-corrected chi connectivity index (χ1v) is 11.5. The predicted octanol–water partition coefficient (Wildman–Crippen LogP) is 6.03. The van der Waals surface area contributed by atoms with E-state index in [1.54, 1.807) is 0 Å². The number of pyridine rings is 1. The Morgan fingerprint density at radius 3 is 2.55 bits per heavy atom. The van der Waals surface area contributed by atoms with Crippen molar-refractivity contribution in [2.45, 2.75) is 52.5 Å². The summed E-state index contributed by atoms with van der Waals surface area (Å²) >= 11 is 6.34. The summed E-state index contributed by atoms with van der Waals surface area (Å²) < 4.78 is 6.42. The summed E-state index contributed by atoms with van der Waals surface area (Å²) in [4.78, 5) is 18.7. The maximum atomic E-state index is 13.2. The average molecular weight is 439 g/mol. The number of aromatic nitrogens is 1. The van der Waals surface area contributed by atoms with Crippen molar-refractivity contribution in [2.24, 2.45) is 0 Å². The van der Waals surface area contributed by atoms with E-state index in [1.165, 1.54) is 19.3 Å². The summed E-state index contributed by atoms with van der Waals surface area (Å²) in [6, 6.07) is 10.6. The standard InChI is InChI=1S/C26H31ClN2O2/c1-16-11-17(2)13-19(12-16)24-25(31-10-8-20-7-5-6-9-29(20)4)21-14-18(3)22(27)15-23(21)28-26(24)30/h11-15,20H,5-10H2,1-4H3,(H,28,30). The van der Waals surface area contributed by atoms with Crippen molar-refractivity contribution in [3.05, 3.63) is 62.4 Å². The molecule has 5 heteroatoms. The van der Waals surface area contributed by atoms with Crippen LogP contribution in [0.2, 0.25) is 5.02 Å². The highest BCUT2D eigenvalue weighted by atomic mass is 35.5. The lowest BCUT2D eigenvalue weighted by atomic mass is 9.98. The molecule has 1 aromatic heterocycles. The van der Waals surface area contributed by atoms with Crippen molar-refractivity contribution in [2.75, 3.05) is 20.2 Å². The average Bonchev–Trinajstić information content (AvgIpc) is 2.70. The molecule has 0 aliphatic carbocycles. The van der Waals surface area contributed by atoms with E-state index in [-0.39, 0.29) is 5.56 Å². The number of nitrogens with zero attached hydrogens (tertiary/aromatic N) is 1. The Kier molecular flexibility index (Phi) is 6.40. The molecule has 0 radical (unpaired) electrons. The minimum absolute atomic E-state index is 0.151. The van der Waals surface area contributed by atoms with Crippen LogP contribution in [0.3, 0.4) is 0 Å². The Morgan fingerprint density at radius 2 is 1.84 bits per heavy atom. The summed E-state index contributed by atoms with van der Waals surface area (Å²) in [5.41, 5.74) is 5.24. The largest absolute Gasteiger partial charge is 0.492 e. The van der Waals surface area contributed by atoms with Gasteiger partial charge in [-0.2, -0.15) is 0 Å². The summed E-state index contributed by atoms with van der Waals surface area (Å²) in [6.45, 7) is 7.80. The first kappa shape index (κ1) is 21.9. The molecule has 1 N–H and O–H groups in total. The summed E-state index contributed by atoms with van der Waals surface area (Å²) in [5.74, 6) is 0.655. The van der Waals surface area contributed by atoms with E-state index in [2.05, 4.69) is 36.8 Å². The van der Waals surface area contributed by atoms with Crippen LogP contribution in [-0.4, -0.2) is 36.1 Å². The number of piperidine rings is 1. The van der Waals surface area contributed by atoms with Crippen LogP contribution in [0, 0.1) is 20.8 Å². The van der Waals surface area contributed by atoms with E-state index in [0.717, 1.165) is 40.6 Å². The fraction of sp³-hybridized carbons (Fsp3) is 0.423. The van der Waals surface area contributed by atoms with Crippen LogP contribution < -0.4 is 10.3 Å². The number of rotatable bonds is 5. The first-order valence-electron chi connectivity index (χ1n) is 11.1. The van der Waals surface area contributed by atoms with Gasteiger partial charge in [0, 0.05) is 16.5 Å². The molecule has 1 aliphatic rings. The molecule has 1 aliphatic heterocycles. The van der Waals surface area contributed by atoms with Crippen LogP contribution in [-0.2, 0) is 0 Å². The van der Waals surface area contributed by atoms with Gasteiger partial charge in [0.05, 0.1) is 17.7 Å². The van der Waals surface area contributed by atoms with Crippen LogP contribution in [0.15, 0.2) is 35.1 Å². The van der Waals surface area contributed by atoms with E-state index >= 15 is 0 Å². The van der Waals surface area contributed by atoms with Crippen molar-refractivity contribution >= 4 is 22.5 Å². The molecule has 0 saturated carbocycles. The molecule has 0 amide bonds. The maximum Gasteiger partial charge on any atom is 0.260 e. The second-order valence-corrected chi connectivity index (χ2v) is 9.36. The van der Waals surface area contributed by atoms with Gasteiger partial charge in [-0.15, -0.1) is 0 Å². The summed E-state index contributed by atoms with van der Waals surface area (Å²) in [6.07, 6.45) is 4.69. The molecule has 0 spiro atoms. The van der Waals surface area contributed by atoms with Crippen LogP contribution in [0.1, 0.15) is 42.4 Å². The van der Waals surface area contributed by atoms with Gasteiger partial charge in [0.1, 0.15) is 5.75 Å². The van der Waals surface area contributed by atoms with Crippen molar-refractivity contribution in [3.8, 4) is 16.9 Å². The van der Waals surface area contributed by atoms with Crippen molar-refractivity contribution in [3.63, 3.8) is 0 Å². The van der Waals surface area contributed by atoms with Crippen LogP contribution in [0.25, 0.3) is 22.0 Å². The van der Waals surface area contributed by atoms with E-state index in [0.29, 0.717) is 34.5 Å². The number of aromatic amines is 1. The lowest BCUT2D eigenvalue weighted by Crippen LogP contribution is -2.37. The number of benzene rings is 2. The molecule has 2 aromatic carbocycles. The number of ether oxygens (including phenoxy) is 1. The fourth-order valence-corrected chi connectivity index (χ4v) is 4.90. The van der Waals surface area contributed by atoms with Crippen molar-refractivity contribution in [1.82, 2.24) is 9.88 Å². The fourth-order valence-electron chi connectivity index (χ4n) is 4.73. The Bertz CT molecular complexity index is 1150. The monoisotopic (exact) mass is 438 g/mol. The van der Waals surface area contributed by atoms with E-state index < -0.39 is 0 Å². The van der Waals surface area contributed by atoms with Gasteiger partial charge in [-0.1, -0.05) is 47.3 Å². The molecule has 2 heterocycles. The Morgan fingerprint density at radius 1 is 1.10 bits per heavy atom. The van der Waals surface area contributed by atoms with Gasteiger partial charge in [0.15, 0.2) is 0 Å². The second kappa shape index (κ2) is 9.05. The summed E-state index contributed by atoms with van der Waals surface area (Å²) in [5, 5.41) is 1.53. The lowest BCUT2D eigenvalue weighted by molar-refractivity contribution is 0.153. The molecule has 1 fully saturated rings. The van der Waals surface area contributed by atoms with Gasteiger partial charge in [0.25, 0.3) is 5.56 Å². The molecule has 31 heavy (non-hydrogen) atoms. The quantitative estimate of drug-likeness (QED) is 0.529. The maximum absolute atomic E-state index is 13.2. The molecular formula is C26H31ClN2O2. The highest BCUT2D eigenvalue weighted by molar-refractivity contribution is 6.32. The topological polar surface area (TPSA) is 45.3 Å². The number of hydrogen-bond donors (Lipinski definition) is 1. The molecule has 0 bridgehead atoms. The number of hydrogen-bond acceptors (Lipinski definition) is 3. The highest BCUT2D eigenvalue weighted by Crippen LogP contribution is 2.36. The van der Waals surface area contributed by atoms with Crippen molar-refractivity contribution in [1.29, 1.82) is 0 Å². The SMILES string of the molecule is Cc1cc(C)cc(-c2c(OCCC3CCCCN3C)c3cc(C)c(Cl)cc3[nH]c2=O)c1. The molecule has 1 unspecified atom stereocenters. The zero-order chi connectivity index (χ0) is 22.1. The van der Waals surface area contributed by atoms with Gasteiger partial charge in [-0.25, -0.2) is 0 Å². The zero-order valence-electron chi connectivity index (χ0n) is 18.8. The minimum Gasteiger partial charge on any atom is -0.492 e. The van der Waals surface area contributed by atoms with Crippen molar-refractivity contribution < 1.29 is 4.74 Å². The Labute approximate surface area is 189 Å². The summed E-state index contributed by atoms with van der Waals surface area (Å²) in [7, 11) is 2.19. The van der Waals surface area contributed by atoms with Gasteiger partial charge in [-0.3, -0.25) is 4.79 Å². The number of nitrogens with one attached hydrogen (secondary N) is 1. The van der Waals surface area contributed by atoms with Gasteiger partial charge in [0.2, 0.25) is 0 Å². The zero-order valence-corrected chi connectivity index (χ0v) is 19.6. The number of halogens is 1. The van der Waals surface area contributed by atoms with Gasteiger partial charge >= 0.3 is 0 Å². The number of aryl methyl sites for hydroxylation is 3. The van der Waals surface area contributed by atoms with Crippen LogP contribution in [0.5, 0.6) is 5.75 Å². The second-order valence-electron chi connectivity index (χ2n) is 8.95. The number of likely N-dealkylation sites (tertiary alicyclic amines) is 1. The Balaban J connectivity index is 1.79. The molecule has 4 rings (SSSR count). The molecule has 1 atom stereocenters. The third kappa shape index (κ3) is 4.65. The normalized spacial score (nSPS) is 17.3. The molecule has 164 valence electrons. The Hall–Kier alpha value is -2.30.